The predicted molar refractivity (Wildman–Crippen MR) is 123 cm³/mol. The average molecular weight is 418 g/mol. The van der Waals surface area contributed by atoms with Gasteiger partial charge in [-0.25, -0.2) is 0 Å². The zero-order chi connectivity index (χ0) is 19.3. The summed E-state index contributed by atoms with van der Waals surface area (Å²) in [6, 6.07) is 9.15. The fraction of sp³-hybridized carbons (Fsp3) is 0.619. The Kier molecular flexibility index (Phi) is 6.65. The third-order valence-corrected chi connectivity index (χ3v) is 7.43. The van der Waals surface area contributed by atoms with Crippen LogP contribution in [0.5, 0.6) is 0 Å². The summed E-state index contributed by atoms with van der Waals surface area (Å²) in [5.74, 6) is 2.06. The van der Waals surface area contributed by atoms with Crippen molar-refractivity contribution < 1.29 is 0 Å². The largest absolute Gasteiger partial charge is 0.366 e. The van der Waals surface area contributed by atoms with E-state index in [-0.39, 0.29) is 0 Å². The zero-order valence-electron chi connectivity index (χ0n) is 16.7. The molecule has 1 saturated carbocycles. The van der Waals surface area contributed by atoms with E-state index in [0.717, 1.165) is 37.2 Å². The highest BCUT2D eigenvalue weighted by Crippen LogP contribution is 2.30. The normalized spacial score (nSPS) is 23.7. The van der Waals surface area contributed by atoms with Crippen LogP contribution < -0.4 is 15.5 Å². The van der Waals surface area contributed by atoms with Crippen LogP contribution in [0.2, 0.25) is 0 Å². The van der Waals surface area contributed by atoms with E-state index in [2.05, 4.69) is 44.7 Å². The second kappa shape index (κ2) is 9.37. The number of piperazine rings is 1. The molecule has 0 radical (unpaired) electrons. The molecule has 0 spiro atoms. The van der Waals surface area contributed by atoms with Crippen molar-refractivity contribution in [1.82, 2.24) is 19.9 Å². The van der Waals surface area contributed by atoms with E-state index in [0.29, 0.717) is 6.04 Å². The number of rotatable bonds is 5. The van der Waals surface area contributed by atoms with E-state index >= 15 is 0 Å². The summed E-state index contributed by atoms with van der Waals surface area (Å²) in [5.41, 5.74) is 0. The lowest BCUT2D eigenvalue weighted by Gasteiger charge is -2.36. The molecule has 152 valence electrons. The average Bonchev–Trinajstić information content (AvgIpc) is 3.18. The molecule has 0 atom stereocenters. The van der Waals surface area contributed by atoms with Crippen molar-refractivity contribution in [2.24, 2.45) is 5.92 Å². The molecule has 0 unspecified atom stereocenters. The van der Waals surface area contributed by atoms with Crippen LogP contribution in [0.25, 0.3) is 10.1 Å². The van der Waals surface area contributed by atoms with Gasteiger partial charge >= 0.3 is 0 Å². The van der Waals surface area contributed by atoms with Gasteiger partial charge < -0.3 is 15.5 Å². The highest BCUT2D eigenvalue weighted by atomic mass is 32.1. The molecule has 2 fully saturated rings. The summed E-state index contributed by atoms with van der Waals surface area (Å²) in [7, 11) is 1.89. The number of nitrogens with one attached hydrogen (secondary N) is 2. The second-order valence-electron chi connectivity index (χ2n) is 8.06. The lowest BCUT2D eigenvalue weighted by molar-refractivity contribution is 0.214. The van der Waals surface area contributed by atoms with Crippen molar-refractivity contribution in [2.75, 3.05) is 44.7 Å². The molecule has 0 bridgehead atoms. The Morgan fingerprint density at radius 1 is 1.14 bits per heavy atom. The van der Waals surface area contributed by atoms with E-state index in [1.807, 2.05) is 7.05 Å². The van der Waals surface area contributed by atoms with E-state index in [9.17, 15) is 0 Å². The fourth-order valence-electron chi connectivity index (χ4n) is 4.50. The van der Waals surface area contributed by atoms with Crippen molar-refractivity contribution in [3.63, 3.8) is 0 Å². The Balaban J connectivity index is 1.19. The lowest BCUT2D eigenvalue weighted by atomic mass is 9.84. The van der Waals surface area contributed by atoms with Crippen molar-refractivity contribution in [3.05, 3.63) is 24.3 Å². The summed E-state index contributed by atoms with van der Waals surface area (Å²) in [4.78, 5) is 5.11. The number of nitrogens with zero attached hydrogens (tertiary/aromatic N) is 3. The van der Waals surface area contributed by atoms with Gasteiger partial charge in [0, 0.05) is 44.7 Å². The van der Waals surface area contributed by atoms with Crippen LogP contribution in [0.1, 0.15) is 32.1 Å². The molecule has 4 rings (SSSR count). The Morgan fingerprint density at radius 2 is 1.89 bits per heavy atom. The highest BCUT2D eigenvalue weighted by molar-refractivity contribution is 7.80. The minimum Gasteiger partial charge on any atom is -0.366 e. The molecule has 1 saturated heterocycles. The minimum absolute atomic E-state index is 0.563. The Labute approximate surface area is 177 Å². The first-order chi connectivity index (χ1) is 13.7. The summed E-state index contributed by atoms with van der Waals surface area (Å²) in [5, 5.41) is 8.54. The summed E-state index contributed by atoms with van der Waals surface area (Å²) >= 11 is 6.85. The Bertz CT molecular complexity index is 776. The number of thiocarbonyl (C=S) groups is 1. The number of hydrogen-bond acceptors (Lipinski definition) is 5. The first-order valence-electron chi connectivity index (χ1n) is 10.5. The number of hydrogen-bond donors (Lipinski definition) is 2. The molecule has 2 N–H and O–H groups in total. The van der Waals surface area contributed by atoms with Crippen molar-refractivity contribution in [2.45, 2.75) is 38.1 Å². The van der Waals surface area contributed by atoms with Gasteiger partial charge in [-0.2, -0.15) is 4.37 Å². The molecule has 0 amide bonds. The first kappa shape index (κ1) is 19.9. The van der Waals surface area contributed by atoms with E-state index in [1.54, 1.807) is 11.5 Å². The molecule has 2 aromatic rings. The number of benzene rings is 1. The topological polar surface area (TPSA) is 43.4 Å². The van der Waals surface area contributed by atoms with Crippen LogP contribution in [-0.2, 0) is 0 Å². The van der Waals surface area contributed by atoms with Gasteiger partial charge in [-0.15, -0.1) is 0 Å². The monoisotopic (exact) mass is 417 g/mol. The van der Waals surface area contributed by atoms with E-state index in [1.165, 1.54) is 54.6 Å². The lowest BCUT2D eigenvalue weighted by Crippen LogP contribution is -2.47. The zero-order valence-corrected chi connectivity index (χ0v) is 18.3. The third-order valence-electron chi connectivity index (χ3n) is 6.29. The quantitative estimate of drug-likeness (QED) is 0.727. The summed E-state index contributed by atoms with van der Waals surface area (Å²) in [6.45, 7) is 5.72. The van der Waals surface area contributed by atoms with Crippen molar-refractivity contribution in [1.29, 1.82) is 0 Å². The predicted octanol–water partition coefficient (Wildman–Crippen LogP) is 3.46. The molecule has 1 aromatic heterocycles. The molecular weight excluding hydrogens is 386 g/mol. The van der Waals surface area contributed by atoms with Crippen LogP contribution in [0.3, 0.4) is 0 Å². The minimum atomic E-state index is 0.563. The van der Waals surface area contributed by atoms with Gasteiger partial charge in [0.2, 0.25) is 0 Å². The van der Waals surface area contributed by atoms with Crippen LogP contribution in [0, 0.1) is 5.92 Å². The van der Waals surface area contributed by atoms with Crippen LogP contribution in [0.4, 0.5) is 5.82 Å². The summed E-state index contributed by atoms with van der Waals surface area (Å²) < 4.78 is 6.02. The molecule has 1 aromatic carbocycles. The van der Waals surface area contributed by atoms with Crippen molar-refractivity contribution in [3.8, 4) is 0 Å². The molecule has 2 aliphatic rings. The number of aromatic nitrogens is 1. The van der Waals surface area contributed by atoms with Gasteiger partial charge in [0.15, 0.2) is 5.11 Å². The maximum Gasteiger partial charge on any atom is 0.166 e. The SMILES string of the molecule is CNC(=S)NC1CCC(CCN2CCN(c3nsc4ccccc34)CC2)CC1. The smallest absolute Gasteiger partial charge is 0.166 e. The van der Waals surface area contributed by atoms with Gasteiger partial charge in [0.1, 0.15) is 5.82 Å². The van der Waals surface area contributed by atoms with Crippen LogP contribution >= 0.6 is 23.8 Å². The molecule has 1 aliphatic carbocycles. The van der Waals surface area contributed by atoms with E-state index in [4.69, 9.17) is 16.6 Å². The van der Waals surface area contributed by atoms with Gasteiger partial charge in [-0.05, 0) is 80.4 Å². The standard InChI is InChI=1S/C21H31N5S2/c1-22-21(27)23-17-8-6-16(7-9-17)10-11-25-12-14-26(15-13-25)20-18-4-2-3-5-19(18)28-24-20/h2-5,16-17H,6-15H2,1H3,(H2,22,23,27). The van der Waals surface area contributed by atoms with Gasteiger partial charge in [0.05, 0.1) is 4.70 Å². The number of anilines is 1. The molecule has 2 heterocycles. The fourth-order valence-corrected chi connectivity index (χ4v) is 5.46. The van der Waals surface area contributed by atoms with Gasteiger partial charge in [-0.3, -0.25) is 4.90 Å². The summed E-state index contributed by atoms with van der Waals surface area (Å²) in [6.07, 6.45) is 6.49. The highest BCUT2D eigenvalue weighted by Gasteiger charge is 2.24. The Hall–Kier alpha value is -1.44. The number of fused-ring (bicyclic) bond motifs is 1. The molecular formula is C21H31N5S2. The van der Waals surface area contributed by atoms with Crippen LogP contribution in [-0.4, -0.2) is 60.2 Å². The molecule has 7 heteroatoms. The molecule has 5 nitrogen and oxygen atoms in total. The molecule has 1 aliphatic heterocycles. The van der Waals surface area contributed by atoms with Gasteiger partial charge in [0.25, 0.3) is 0 Å². The molecule has 28 heavy (non-hydrogen) atoms. The van der Waals surface area contributed by atoms with Crippen molar-refractivity contribution >= 4 is 44.8 Å². The maximum absolute atomic E-state index is 5.23. The van der Waals surface area contributed by atoms with Gasteiger partial charge in [-0.1, -0.05) is 12.1 Å². The Morgan fingerprint density at radius 3 is 2.64 bits per heavy atom. The first-order valence-corrected chi connectivity index (χ1v) is 11.7. The third kappa shape index (κ3) is 4.75. The second-order valence-corrected chi connectivity index (χ2v) is 9.27. The van der Waals surface area contributed by atoms with Crippen LogP contribution in [0.15, 0.2) is 24.3 Å². The van der Waals surface area contributed by atoms with E-state index < -0.39 is 0 Å². The maximum atomic E-state index is 5.23.